The summed E-state index contributed by atoms with van der Waals surface area (Å²) < 4.78 is 0. The van der Waals surface area contributed by atoms with Crippen LogP contribution in [0, 0.1) is 5.92 Å². The number of aliphatic carboxylic acids is 1. The Hall–Kier alpha value is -0.530. The van der Waals surface area contributed by atoms with Crippen molar-refractivity contribution < 1.29 is 9.90 Å². The van der Waals surface area contributed by atoms with Gasteiger partial charge >= 0.3 is 0 Å². The fourth-order valence-corrected chi connectivity index (χ4v) is 1.66. The molecule has 0 fully saturated rings. The zero-order valence-electron chi connectivity index (χ0n) is 9.55. The van der Waals surface area contributed by atoms with E-state index in [1.807, 2.05) is 6.92 Å². The summed E-state index contributed by atoms with van der Waals surface area (Å²) in [4.78, 5) is 10.6. The van der Waals surface area contributed by atoms with Crippen molar-refractivity contribution in [2.24, 2.45) is 5.92 Å². The van der Waals surface area contributed by atoms with E-state index in [0.29, 0.717) is 6.42 Å². The Balaban J connectivity index is 3.29. The van der Waals surface area contributed by atoms with Gasteiger partial charge in [-0.3, -0.25) is 0 Å². The minimum absolute atomic E-state index is 0.221. The molecule has 0 spiro atoms. The van der Waals surface area contributed by atoms with Gasteiger partial charge in [-0.2, -0.15) is 0 Å². The third-order valence-corrected chi connectivity index (χ3v) is 2.73. The van der Waals surface area contributed by atoms with Crippen molar-refractivity contribution in [3.8, 4) is 0 Å². The van der Waals surface area contributed by atoms with Gasteiger partial charge in [-0.05, 0) is 18.8 Å². The molecule has 0 aliphatic carbocycles. The van der Waals surface area contributed by atoms with Gasteiger partial charge in [0.25, 0.3) is 0 Å². The van der Waals surface area contributed by atoms with Crippen LogP contribution in [0.15, 0.2) is 0 Å². The van der Waals surface area contributed by atoms with E-state index >= 15 is 0 Å². The fourth-order valence-electron chi connectivity index (χ4n) is 1.66. The predicted octanol–water partition coefficient (Wildman–Crippen LogP) is 2.51. The SMILES string of the molecule is CCCCCCCCC(CC)C(=O)[O-]. The monoisotopic (exact) mass is 199 g/mol. The lowest BCUT2D eigenvalue weighted by Gasteiger charge is -2.15. The van der Waals surface area contributed by atoms with Gasteiger partial charge in [-0.15, -0.1) is 0 Å². The van der Waals surface area contributed by atoms with Gasteiger partial charge in [-0.1, -0.05) is 52.4 Å². The molecule has 0 aromatic carbocycles. The summed E-state index contributed by atoms with van der Waals surface area (Å²) in [7, 11) is 0. The van der Waals surface area contributed by atoms with Crippen LogP contribution in [-0.2, 0) is 4.79 Å². The molecule has 0 aliphatic rings. The average molecular weight is 199 g/mol. The summed E-state index contributed by atoms with van der Waals surface area (Å²) in [6, 6.07) is 0. The van der Waals surface area contributed by atoms with Crippen LogP contribution in [-0.4, -0.2) is 5.97 Å². The van der Waals surface area contributed by atoms with E-state index in [-0.39, 0.29) is 5.92 Å². The number of hydrogen-bond acceptors (Lipinski definition) is 2. The second kappa shape index (κ2) is 9.04. The van der Waals surface area contributed by atoms with E-state index in [4.69, 9.17) is 0 Å². The number of carbonyl (C=O) groups is 1. The van der Waals surface area contributed by atoms with E-state index < -0.39 is 5.97 Å². The quantitative estimate of drug-likeness (QED) is 0.535. The van der Waals surface area contributed by atoms with Gasteiger partial charge in [0.1, 0.15) is 0 Å². The Morgan fingerprint density at radius 3 is 2.14 bits per heavy atom. The molecule has 2 heteroatoms. The van der Waals surface area contributed by atoms with Crippen molar-refractivity contribution in [2.75, 3.05) is 0 Å². The van der Waals surface area contributed by atoms with Crippen molar-refractivity contribution in [3.05, 3.63) is 0 Å². The summed E-state index contributed by atoms with van der Waals surface area (Å²) in [6.45, 7) is 4.11. The topological polar surface area (TPSA) is 40.1 Å². The van der Waals surface area contributed by atoms with E-state index in [1.54, 1.807) is 0 Å². The normalized spacial score (nSPS) is 12.7. The standard InChI is InChI=1S/C12H24O2/c1-3-5-6-7-8-9-10-11(4-2)12(13)14/h11H,3-10H2,1-2H3,(H,13,14)/p-1. The number of unbranched alkanes of at least 4 members (excludes halogenated alkanes) is 5. The van der Waals surface area contributed by atoms with Gasteiger partial charge in [0.2, 0.25) is 0 Å². The first-order valence-electron chi connectivity index (χ1n) is 5.93. The summed E-state index contributed by atoms with van der Waals surface area (Å²) in [5.41, 5.74) is 0. The van der Waals surface area contributed by atoms with Crippen LogP contribution < -0.4 is 5.11 Å². The highest BCUT2D eigenvalue weighted by Gasteiger charge is 2.05. The summed E-state index contributed by atoms with van der Waals surface area (Å²) >= 11 is 0. The number of carboxylic acids is 1. The highest BCUT2D eigenvalue weighted by Crippen LogP contribution is 2.14. The van der Waals surface area contributed by atoms with E-state index in [9.17, 15) is 9.90 Å². The Morgan fingerprint density at radius 1 is 1.07 bits per heavy atom. The molecule has 0 N–H and O–H groups in total. The lowest BCUT2D eigenvalue weighted by Crippen LogP contribution is -2.30. The summed E-state index contributed by atoms with van der Waals surface area (Å²) in [6.07, 6.45) is 8.81. The molecule has 0 radical (unpaired) electrons. The zero-order valence-corrected chi connectivity index (χ0v) is 9.55. The van der Waals surface area contributed by atoms with Crippen LogP contribution in [0.3, 0.4) is 0 Å². The number of carbonyl (C=O) groups excluding carboxylic acids is 1. The van der Waals surface area contributed by atoms with Crippen LogP contribution >= 0.6 is 0 Å². The molecular weight excluding hydrogens is 176 g/mol. The Kier molecular flexibility index (Phi) is 8.70. The number of carboxylic acid groups (broad SMARTS) is 1. The van der Waals surface area contributed by atoms with Crippen LogP contribution in [0.25, 0.3) is 0 Å². The molecule has 1 atom stereocenters. The number of rotatable bonds is 9. The van der Waals surface area contributed by atoms with E-state index in [2.05, 4.69) is 6.92 Å². The van der Waals surface area contributed by atoms with Gasteiger partial charge in [0.15, 0.2) is 0 Å². The minimum atomic E-state index is -0.874. The molecule has 1 unspecified atom stereocenters. The highest BCUT2D eigenvalue weighted by atomic mass is 16.4. The van der Waals surface area contributed by atoms with Crippen molar-refractivity contribution >= 4 is 5.97 Å². The first-order valence-corrected chi connectivity index (χ1v) is 5.93. The van der Waals surface area contributed by atoms with E-state index in [0.717, 1.165) is 12.8 Å². The summed E-state index contributed by atoms with van der Waals surface area (Å²) in [5, 5.41) is 10.6. The second-order valence-electron chi connectivity index (χ2n) is 3.98. The molecule has 0 rings (SSSR count). The molecule has 0 bridgehead atoms. The third-order valence-electron chi connectivity index (χ3n) is 2.73. The first kappa shape index (κ1) is 13.5. The number of hydrogen-bond donors (Lipinski definition) is 0. The molecule has 0 saturated heterocycles. The molecule has 0 heterocycles. The zero-order chi connectivity index (χ0) is 10.8. The Morgan fingerprint density at radius 2 is 1.64 bits per heavy atom. The van der Waals surface area contributed by atoms with Gasteiger partial charge in [-0.25, -0.2) is 0 Å². The molecule has 0 saturated carbocycles. The van der Waals surface area contributed by atoms with Crippen molar-refractivity contribution in [1.82, 2.24) is 0 Å². The summed E-state index contributed by atoms with van der Waals surface area (Å²) in [5.74, 6) is -1.10. The molecule has 0 aromatic heterocycles. The molecule has 14 heavy (non-hydrogen) atoms. The van der Waals surface area contributed by atoms with Crippen LogP contribution in [0.4, 0.5) is 0 Å². The predicted molar refractivity (Wildman–Crippen MR) is 56.8 cm³/mol. The second-order valence-corrected chi connectivity index (χ2v) is 3.98. The third kappa shape index (κ3) is 6.93. The van der Waals surface area contributed by atoms with Gasteiger partial charge in [0.05, 0.1) is 0 Å². The van der Waals surface area contributed by atoms with Crippen LogP contribution in [0.5, 0.6) is 0 Å². The molecular formula is C12H23O2-. The maximum absolute atomic E-state index is 10.6. The lowest BCUT2D eigenvalue weighted by atomic mass is 9.98. The maximum atomic E-state index is 10.6. The van der Waals surface area contributed by atoms with Gasteiger partial charge < -0.3 is 9.90 Å². The highest BCUT2D eigenvalue weighted by molar-refractivity contribution is 5.67. The average Bonchev–Trinajstić information content (AvgIpc) is 2.16. The van der Waals surface area contributed by atoms with Gasteiger partial charge in [0, 0.05) is 5.97 Å². The molecule has 84 valence electrons. The van der Waals surface area contributed by atoms with Crippen molar-refractivity contribution in [1.29, 1.82) is 0 Å². The minimum Gasteiger partial charge on any atom is -0.550 e. The van der Waals surface area contributed by atoms with Crippen LogP contribution in [0.1, 0.15) is 65.2 Å². The van der Waals surface area contributed by atoms with E-state index in [1.165, 1.54) is 32.1 Å². The molecule has 2 nitrogen and oxygen atoms in total. The fraction of sp³-hybridized carbons (Fsp3) is 0.917. The Labute approximate surface area is 87.7 Å². The first-order chi connectivity index (χ1) is 6.72. The molecule has 0 aliphatic heterocycles. The lowest BCUT2D eigenvalue weighted by molar-refractivity contribution is -0.311. The maximum Gasteiger partial charge on any atom is 0.0445 e. The van der Waals surface area contributed by atoms with Crippen molar-refractivity contribution in [3.63, 3.8) is 0 Å². The van der Waals surface area contributed by atoms with Crippen molar-refractivity contribution in [2.45, 2.75) is 65.2 Å². The molecule has 0 amide bonds. The molecule has 0 aromatic rings. The largest absolute Gasteiger partial charge is 0.550 e. The smallest absolute Gasteiger partial charge is 0.0445 e. The Bertz CT molecular complexity index is 143. The van der Waals surface area contributed by atoms with Crippen LogP contribution in [0.2, 0.25) is 0 Å².